The van der Waals surface area contributed by atoms with Gasteiger partial charge in [0, 0.05) is 32.5 Å². The van der Waals surface area contributed by atoms with E-state index in [0.717, 1.165) is 24.1 Å². The van der Waals surface area contributed by atoms with Crippen LogP contribution in [0.15, 0.2) is 60.7 Å². The van der Waals surface area contributed by atoms with Crippen molar-refractivity contribution in [2.24, 2.45) is 0 Å². The van der Waals surface area contributed by atoms with E-state index in [4.69, 9.17) is 12.2 Å². The van der Waals surface area contributed by atoms with Crippen LogP contribution in [0.3, 0.4) is 0 Å². The molecule has 0 radical (unpaired) electrons. The molecule has 0 aliphatic carbocycles. The van der Waals surface area contributed by atoms with Gasteiger partial charge in [-0.05, 0) is 23.3 Å². The van der Waals surface area contributed by atoms with Gasteiger partial charge >= 0.3 is 5.97 Å². The molecule has 0 bridgehead atoms. The molecule has 2 fully saturated rings. The topological polar surface area (TPSA) is 64.1 Å². The maximum absolute atomic E-state index is 13.0. The van der Waals surface area contributed by atoms with E-state index in [1.165, 1.54) is 0 Å². The Bertz CT molecular complexity index is 922. The summed E-state index contributed by atoms with van der Waals surface area (Å²) in [4.78, 5) is 30.4. The van der Waals surface area contributed by atoms with Gasteiger partial charge in [-0.3, -0.25) is 9.59 Å². The second-order valence-corrected chi connectivity index (χ2v) is 8.19. The number of carboxylic acid groups (broad SMARTS) is 1. The number of carbonyl (C=O) groups excluding carboxylic acids is 1. The van der Waals surface area contributed by atoms with E-state index < -0.39 is 12.0 Å². The molecule has 6 nitrogen and oxygen atoms in total. The zero-order valence-corrected chi connectivity index (χ0v) is 17.5. The van der Waals surface area contributed by atoms with Crippen molar-refractivity contribution < 1.29 is 14.7 Å². The van der Waals surface area contributed by atoms with Gasteiger partial charge in [-0.1, -0.05) is 60.7 Å². The van der Waals surface area contributed by atoms with E-state index in [9.17, 15) is 14.7 Å². The summed E-state index contributed by atoms with van der Waals surface area (Å²) in [5.74, 6) is -0.920. The van der Waals surface area contributed by atoms with Crippen molar-refractivity contribution in [2.75, 3.05) is 6.54 Å². The van der Waals surface area contributed by atoms with E-state index in [-0.39, 0.29) is 24.9 Å². The summed E-state index contributed by atoms with van der Waals surface area (Å²) < 4.78 is 0. The first kappa shape index (κ1) is 20.3. The lowest BCUT2D eigenvalue weighted by atomic mass is 9.98. The van der Waals surface area contributed by atoms with E-state index in [2.05, 4.69) is 17.0 Å². The minimum absolute atomic E-state index is 0.00865. The highest BCUT2D eigenvalue weighted by Crippen LogP contribution is 2.32. The van der Waals surface area contributed by atoms with Crippen molar-refractivity contribution in [1.82, 2.24) is 14.7 Å². The number of nitrogens with zero attached hydrogens (tertiary/aromatic N) is 3. The first-order valence-corrected chi connectivity index (χ1v) is 10.6. The molecule has 2 unspecified atom stereocenters. The number of hydrogen-bond donors (Lipinski definition) is 1. The normalized spacial score (nSPS) is 21.5. The zero-order valence-electron chi connectivity index (χ0n) is 16.7. The predicted molar refractivity (Wildman–Crippen MR) is 117 cm³/mol. The Morgan fingerprint density at radius 1 is 1.00 bits per heavy atom. The lowest BCUT2D eigenvalue weighted by Gasteiger charge is -2.54. The van der Waals surface area contributed by atoms with Crippen molar-refractivity contribution in [1.29, 1.82) is 0 Å². The van der Waals surface area contributed by atoms with Crippen LogP contribution in [0.2, 0.25) is 0 Å². The number of hydrogen-bond acceptors (Lipinski definition) is 3. The summed E-state index contributed by atoms with van der Waals surface area (Å²) in [7, 11) is 0. The third-order valence-corrected chi connectivity index (χ3v) is 6.24. The van der Waals surface area contributed by atoms with Crippen LogP contribution in [0.1, 0.15) is 30.4 Å². The lowest BCUT2D eigenvalue weighted by molar-refractivity contribution is -0.150. The Morgan fingerprint density at radius 2 is 1.60 bits per heavy atom. The number of carboxylic acids is 1. The molecule has 156 valence electrons. The molecule has 2 aliphatic rings. The van der Waals surface area contributed by atoms with E-state index in [0.29, 0.717) is 18.2 Å². The highest BCUT2D eigenvalue weighted by atomic mass is 32.1. The van der Waals surface area contributed by atoms with Crippen LogP contribution >= 0.6 is 12.2 Å². The molecular weight excluding hydrogens is 398 g/mol. The van der Waals surface area contributed by atoms with Crippen LogP contribution in [0.25, 0.3) is 0 Å². The van der Waals surface area contributed by atoms with Gasteiger partial charge in [-0.25, -0.2) is 0 Å². The van der Waals surface area contributed by atoms with Crippen molar-refractivity contribution in [2.45, 2.75) is 44.6 Å². The predicted octanol–water partition coefficient (Wildman–Crippen LogP) is 3.08. The molecule has 2 atom stereocenters. The van der Waals surface area contributed by atoms with Crippen LogP contribution in [0, 0.1) is 0 Å². The first-order chi connectivity index (χ1) is 14.5. The smallest absolute Gasteiger partial charge is 0.305 e. The number of aliphatic carboxylic acids is 1. The minimum atomic E-state index is -0.911. The second kappa shape index (κ2) is 8.83. The second-order valence-electron chi connectivity index (χ2n) is 7.83. The Balaban J connectivity index is 1.59. The average molecular weight is 424 g/mol. The number of amides is 1. The molecule has 2 aromatic carbocycles. The van der Waals surface area contributed by atoms with Crippen LogP contribution < -0.4 is 0 Å². The Hall–Kier alpha value is -2.93. The van der Waals surface area contributed by atoms with Gasteiger partial charge in [0.1, 0.15) is 6.17 Å². The highest BCUT2D eigenvalue weighted by Gasteiger charge is 2.45. The first-order valence-electron chi connectivity index (χ1n) is 10.2. The fourth-order valence-corrected chi connectivity index (χ4v) is 4.81. The van der Waals surface area contributed by atoms with Crippen molar-refractivity contribution in [3.63, 3.8) is 0 Å². The molecule has 4 rings (SSSR count). The Kier molecular flexibility index (Phi) is 5.99. The summed E-state index contributed by atoms with van der Waals surface area (Å²) in [6.07, 6.45) is 0.576. The molecule has 0 aromatic heterocycles. The van der Waals surface area contributed by atoms with Gasteiger partial charge in [0.25, 0.3) is 0 Å². The largest absolute Gasteiger partial charge is 0.481 e. The van der Waals surface area contributed by atoms with E-state index in [1.807, 2.05) is 58.3 Å². The molecule has 0 spiro atoms. The lowest BCUT2D eigenvalue weighted by Crippen LogP contribution is -2.67. The monoisotopic (exact) mass is 423 g/mol. The summed E-state index contributed by atoms with van der Waals surface area (Å²) in [5, 5.41) is 10.1. The summed E-state index contributed by atoms with van der Waals surface area (Å²) in [6, 6.07) is 19.6. The number of benzene rings is 2. The third kappa shape index (κ3) is 4.31. The van der Waals surface area contributed by atoms with Crippen LogP contribution in [-0.4, -0.2) is 55.5 Å². The van der Waals surface area contributed by atoms with E-state index in [1.54, 1.807) is 0 Å². The van der Waals surface area contributed by atoms with Gasteiger partial charge < -0.3 is 19.8 Å². The van der Waals surface area contributed by atoms with Crippen LogP contribution in [-0.2, 0) is 22.7 Å². The molecule has 2 aliphatic heterocycles. The van der Waals surface area contributed by atoms with Gasteiger partial charge in [-0.15, -0.1) is 0 Å². The number of thiocarbonyl (C=S) groups is 1. The Morgan fingerprint density at radius 3 is 2.20 bits per heavy atom. The van der Waals surface area contributed by atoms with Crippen molar-refractivity contribution in [3.05, 3.63) is 71.8 Å². The fourth-order valence-electron chi connectivity index (χ4n) is 4.38. The highest BCUT2D eigenvalue weighted by molar-refractivity contribution is 7.80. The van der Waals surface area contributed by atoms with Crippen molar-refractivity contribution >= 4 is 29.2 Å². The van der Waals surface area contributed by atoms with Gasteiger partial charge in [0.2, 0.25) is 5.91 Å². The minimum Gasteiger partial charge on any atom is -0.481 e. The maximum Gasteiger partial charge on any atom is 0.305 e. The molecule has 0 saturated carbocycles. The van der Waals surface area contributed by atoms with Gasteiger partial charge in [-0.2, -0.15) is 0 Å². The summed E-state index contributed by atoms with van der Waals surface area (Å²) in [6.45, 7) is 1.91. The molecule has 2 heterocycles. The molecule has 7 heteroatoms. The van der Waals surface area contributed by atoms with Crippen LogP contribution in [0.4, 0.5) is 0 Å². The van der Waals surface area contributed by atoms with E-state index >= 15 is 0 Å². The molecular formula is C23H25N3O3S. The molecule has 2 saturated heterocycles. The maximum atomic E-state index is 13.0. The van der Waals surface area contributed by atoms with Crippen molar-refractivity contribution in [3.8, 4) is 0 Å². The molecule has 2 aromatic rings. The Labute approximate surface area is 181 Å². The fraction of sp³-hybridized carbons (Fsp3) is 0.348. The van der Waals surface area contributed by atoms with Crippen LogP contribution in [0.5, 0.6) is 0 Å². The number of rotatable bonds is 6. The summed E-state index contributed by atoms with van der Waals surface area (Å²) in [5.41, 5.74) is 2.21. The van der Waals surface area contributed by atoms with Gasteiger partial charge in [0.05, 0.1) is 12.5 Å². The zero-order chi connectivity index (χ0) is 21.1. The third-order valence-electron chi connectivity index (χ3n) is 5.78. The summed E-state index contributed by atoms with van der Waals surface area (Å²) >= 11 is 5.83. The average Bonchev–Trinajstić information content (AvgIpc) is 2.73. The molecule has 30 heavy (non-hydrogen) atoms. The molecule has 1 amide bonds. The van der Waals surface area contributed by atoms with Gasteiger partial charge in [0.15, 0.2) is 5.11 Å². The number of carbonyl (C=O) groups is 2. The standard InChI is InChI=1S/C23H25N3O3S/c27-21-13-19(14-22(28)29)26-20(25(21)16-18-9-5-2-6-10-18)11-12-24(23(26)30)15-17-7-3-1-4-8-17/h1-10,19-20H,11-16H2,(H,28,29). The number of fused-ring (bicyclic) bond motifs is 1. The molecule has 1 N–H and O–H groups in total. The SMILES string of the molecule is O=C(O)CC1CC(=O)N(Cc2ccccc2)C2CCN(Cc3ccccc3)C(=S)N12. The quantitative estimate of drug-likeness (QED) is 0.721.